The Morgan fingerprint density at radius 2 is 1.84 bits per heavy atom. The van der Waals surface area contributed by atoms with Crippen LogP contribution in [-0.4, -0.2) is 47.1 Å². The Balaban J connectivity index is 1.47. The van der Waals surface area contributed by atoms with Crippen LogP contribution in [0.4, 0.5) is 0 Å². The predicted molar refractivity (Wildman–Crippen MR) is 184 cm³/mol. The van der Waals surface area contributed by atoms with Crippen molar-refractivity contribution >= 4 is 38.1 Å². The average Bonchev–Trinajstić information content (AvgIpc) is 3.05. The van der Waals surface area contributed by atoms with Crippen LogP contribution in [0, 0.1) is 0 Å². The van der Waals surface area contributed by atoms with Crippen molar-refractivity contribution in [3.05, 3.63) is 89.0 Å². The lowest BCUT2D eigenvalue weighted by molar-refractivity contribution is -0.124. The molecular formula is C36H41NO6S2. The summed E-state index contributed by atoms with van der Waals surface area (Å²) in [4.78, 5) is 13.5. The third-order valence-electron chi connectivity index (χ3n) is 8.26. The Morgan fingerprint density at radius 3 is 2.64 bits per heavy atom. The van der Waals surface area contributed by atoms with Crippen LogP contribution >= 0.6 is 21.6 Å². The number of phenols is 2. The number of carbonyl (C=O) groups is 1. The van der Waals surface area contributed by atoms with Gasteiger partial charge >= 0.3 is 0 Å². The van der Waals surface area contributed by atoms with Gasteiger partial charge in [-0.3, -0.25) is 10.1 Å². The number of Topliss-reactive ketones (excluding diaryl/α,β-unsaturated/α-hetero) is 1. The van der Waals surface area contributed by atoms with Crippen molar-refractivity contribution in [3.63, 3.8) is 0 Å². The number of rotatable bonds is 6. The Labute approximate surface area is 272 Å². The van der Waals surface area contributed by atoms with Gasteiger partial charge in [0.2, 0.25) is 0 Å². The zero-order chi connectivity index (χ0) is 31.8. The van der Waals surface area contributed by atoms with E-state index >= 15 is 0 Å². The molecular weight excluding hydrogens is 607 g/mol. The molecule has 9 heteroatoms. The fourth-order valence-electron chi connectivity index (χ4n) is 5.98. The molecule has 0 radical (unpaired) electrons. The molecule has 1 heterocycles. The number of fused-ring (bicyclic) bond motifs is 5. The highest BCUT2D eigenvalue weighted by atomic mass is 33.1. The molecule has 0 saturated carbocycles. The number of benzene rings is 4. The largest absolute Gasteiger partial charge is 0.508 e. The van der Waals surface area contributed by atoms with Crippen molar-refractivity contribution in [1.82, 2.24) is 5.32 Å². The van der Waals surface area contributed by atoms with E-state index in [2.05, 4.69) is 11.4 Å². The Hall–Kier alpha value is -3.21. The maximum absolute atomic E-state index is 13.5. The predicted octanol–water partition coefficient (Wildman–Crippen LogP) is 7.68. The number of ketones is 1. The molecule has 45 heavy (non-hydrogen) atoms. The molecule has 0 fully saturated rings. The summed E-state index contributed by atoms with van der Waals surface area (Å²) in [5.41, 5.74) is 5.39. The van der Waals surface area contributed by atoms with Crippen LogP contribution in [0.2, 0.25) is 0 Å². The van der Waals surface area contributed by atoms with Gasteiger partial charge in [0, 0.05) is 29.9 Å². The maximum atomic E-state index is 13.5. The molecule has 1 aliphatic heterocycles. The number of hydrogen-bond acceptors (Lipinski definition) is 9. The number of carbonyl (C=O) groups excluding carboxylic acids is 1. The molecule has 0 aromatic heterocycles. The monoisotopic (exact) mass is 647 g/mol. The molecule has 2 atom stereocenters. The number of phenolic OH excluding ortho intramolecular Hbond substituents is 2. The summed E-state index contributed by atoms with van der Waals surface area (Å²) < 4.78 is 12.3. The lowest BCUT2D eigenvalue weighted by atomic mass is 9.89. The van der Waals surface area contributed by atoms with Crippen molar-refractivity contribution in [3.8, 4) is 28.4 Å². The zero-order valence-corrected chi connectivity index (χ0v) is 27.4. The first-order valence-corrected chi connectivity index (χ1v) is 17.8. The summed E-state index contributed by atoms with van der Waals surface area (Å²) in [6.07, 6.45) is 3.12. The number of aliphatic hydroxyl groups excluding tert-OH is 1. The van der Waals surface area contributed by atoms with Crippen molar-refractivity contribution in [2.24, 2.45) is 0 Å². The van der Waals surface area contributed by atoms with Crippen molar-refractivity contribution < 1.29 is 29.6 Å². The second-order valence-corrected chi connectivity index (χ2v) is 13.9. The number of aryl methyl sites for hydroxylation is 1. The van der Waals surface area contributed by atoms with E-state index in [-0.39, 0.29) is 30.0 Å². The Morgan fingerprint density at radius 1 is 1.00 bits per heavy atom. The minimum Gasteiger partial charge on any atom is -0.508 e. The lowest BCUT2D eigenvalue weighted by Crippen LogP contribution is -2.27. The van der Waals surface area contributed by atoms with Gasteiger partial charge in [-0.05, 0) is 89.2 Å². The number of nitrogens with one attached hydrogen (secondary N) is 1. The van der Waals surface area contributed by atoms with Gasteiger partial charge in [0.25, 0.3) is 0 Å². The summed E-state index contributed by atoms with van der Waals surface area (Å²) >= 11 is 0. The first-order valence-electron chi connectivity index (χ1n) is 15.3. The lowest BCUT2D eigenvalue weighted by Gasteiger charge is -2.25. The van der Waals surface area contributed by atoms with Crippen LogP contribution in [0.5, 0.6) is 17.2 Å². The summed E-state index contributed by atoms with van der Waals surface area (Å²) in [5.74, 6) is 2.37. The Bertz CT molecular complexity index is 1630. The standard InChI is InChI=1S/C36H41NO6S2/c1-37-36(26-7-5-6-23(18-26)21-38)43-29-8-3-4-17-44-45-22-32-30(15-11-24-9-13-28(40)20-31(24)32)34-25(10-14-27(39)19-29)12-16-33(41)35(34)42-2/h5-7,9,11-13,15-16,18,20,29,36-38,40-41H,3-4,8,10,14,17,19,21-22H2,1-2H3. The van der Waals surface area contributed by atoms with E-state index in [4.69, 9.17) is 9.47 Å². The van der Waals surface area contributed by atoms with E-state index < -0.39 is 6.23 Å². The Kier molecular flexibility index (Phi) is 11.7. The molecule has 0 saturated heterocycles. The third-order valence-corrected chi connectivity index (χ3v) is 10.6. The average molecular weight is 648 g/mol. The maximum Gasteiger partial charge on any atom is 0.168 e. The molecule has 0 aliphatic carbocycles. The molecule has 0 bridgehead atoms. The second kappa shape index (κ2) is 15.9. The molecule has 238 valence electrons. The van der Waals surface area contributed by atoms with E-state index in [9.17, 15) is 20.1 Å². The van der Waals surface area contributed by atoms with E-state index in [1.54, 1.807) is 36.1 Å². The molecule has 5 rings (SSSR count). The highest BCUT2D eigenvalue weighted by Crippen LogP contribution is 2.45. The van der Waals surface area contributed by atoms with E-state index in [1.165, 1.54) is 0 Å². The molecule has 4 aromatic carbocycles. The van der Waals surface area contributed by atoms with E-state index in [0.717, 1.165) is 69.2 Å². The van der Waals surface area contributed by atoms with Gasteiger partial charge in [0.1, 0.15) is 17.8 Å². The zero-order valence-electron chi connectivity index (χ0n) is 25.8. The molecule has 7 nitrogen and oxygen atoms in total. The summed E-state index contributed by atoms with van der Waals surface area (Å²) in [6, 6.07) is 20.7. The number of aliphatic hydroxyl groups is 1. The molecule has 4 N–H and O–H groups in total. The number of methoxy groups -OCH3 is 1. The highest BCUT2D eigenvalue weighted by Gasteiger charge is 2.24. The number of ether oxygens (including phenoxy) is 2. The third kappa shape index (κ3) is 8.15. The fourth-order valence-corrected chi connectivity index (χ4v) is 8.25. The first-order chi connectivity index (χ1) is 21.9. The topological polar surface area (TPSA) is 108 Å². The van der Waals surface area contributed by atoms with Crippen LogP contribution < -0.4 is 10.1 Å². The van der Waals surface area contributed by atoms with Gasteiger partial charge in [-0.15, -0.1) is 0 Å². The minimum atomic E-state index is -0.399. The second-order valence-electron chi connectivity index (χ2n) is 11.3. The first kappa shape index (κ1) is 33.2. The number of aromatic hydroxyl groups is 2. The fraction of sp³-hybridized carbons (Fsp3) is 0.361. The summed E-state index contributed by atoms with van der Waals surface area (Å²) in [5, 5.41) is 36.0. The van der Waals surface area contributed by atoms with Crippen molar-refractivity contribution in [2.75, 3.05) is 19.9 Å². The van der Waals surface area contributed by atoms with Gasteiger partial charge in [0.05, 0.1) is 19.8 Å². The van der Waals surface area contributed by atoms with E-state index in [0.29, 0.717) is 30.8 Å². The smallest absolute Gasteiger partial charge is 0.168 e. The van der Waals surface area contributed by atoms with Gasteiger partial charge in [-0.25, -0.2) is 0 Å². The SMILES string of the molecule is CNC(OC1CCCCSSCc2c(ccc3ccc(O)cc23)-c2c(ccc(O)c2OC)CCC(=O)C1)c1cccc(CO)c1. The molecule has 4 aromatic rings. The van der Waals surface area contributed by atoms with Gasteiger partial charge in [0.15, 0.2) is 11.5 Å². The van der Waals surface area contributed by atoms with Gasteiger partial charge in [-0.1, -0.05) is 70.5 Å². The van der Waals surface area contributed by atoms with Gasteiger partial charge < -0.3 is 24.8 Å². The van der Waals surface area contributed by atoms with Crippen LogP contribution in [0.3, 0.4) is 0 Å². The van der Waals surface area contributed by atoms with Crippen LogP contribution in [0.25, 0.3) is 21.9 Å². The summed E-state index contributed by atoms with van der Waals surface area (Å²) in [7, 11) is 6.97. The van der Waals surface area contributed by atoms with Crippen LogP contribution in [-0.2, 0) is 28.3 Å². The molecule has 1 aliphatic rings. The van der Waals surface area contributed by atoms with Crippen molar-refractivity contribution in [2.45, 2.75) is 63.2 Å². The summed E-state index contributed by atoms with van der Waals surface area (Å²) in [6.45, 7) is -0.0466. The highest BCUT2D eigenvalue weighted by molar-refractivity contribution is 8.76. The van der Waals surface area contributed by atoms with E-state index in [1.807, 2.05) is 60.3 Å². The quantitative estimate of drug-likeness (QED) is 0.124. The molecule has 2 unspecified atom stereocenters. The van der Waals surface area contributed by atoms with Crippen molar-refractivity contribution in [1.29, 1.82) is 0 Å². The minimum absolute atomic E-state index is 0.0396. The van der Waals surface area contributed by atoms with Crippen LogP contribution in [0.1, 0.15) is 60.6 Å². The molecule has 0 amide bonds. The number of hydrogen-bond donors (Lipinski definition) is 4. The molecule has 0 spiro atoms. The normalized spacial score (nSPS) is 17.4. The van der Waals surface area contributed by atoms with Gasteiger partial charge in [-0.2, -0.15) is 0 Å². The van der Waals surface area contributed by atoms with Crippen LogP contribution in [0.15, 0.2) is 66.7 Å².